The standard InChI is InChI=1S/C11H24N2/c1-10(2)12-6-8-13(9-7-12)11(3,4)5/h10H,6-9H2,1-5H3/i8D. The van der Waals surface area contributed by atoms with E-state index in [2.05, 4.69) is 44.4 Å². The zero-order valence-electron chi connectivity index (χ0n) is 10.7. The first-order valence-corrected chi connectivity index (χ1v) is 5.25. The maximum Gasteiger partial charge on any atom is 0.0444 e. The Morgan fingerprint density at radius 2 is 1.77 bits per heavy atom. The van der Waals surface area contributed by atoms with E-state index in [4.69, 9.17) is 1.37 Å². The minimum absolute atomic E-state index is 0.0638. The van der Waals surface area contributed by atoms with Crippen LogP contribution in [0.15, 0.2) is 0 Å². The number of rotatable bonds is 1. The van der Waals surface area contributed by atoms with Gasteiger partial charge in [0.2, 0.25) is 0 Å². The van der Waals surface area contributed by atoms with Crippen molar-refractivity contribution in [3.8, 4) is 0 Å². The minimum atomic E-state index is -0.0638. The number of nitrogens with zero attached hydrogens (tertiary/aromatic N) is 2. The van der Waals surface area contributed by atoms with Crippen molar-refractivity contribution in [3.63, 3.8) is 0 Å². The number of hydrogen-bond acceptors (Lipinski definition) is 2. The van der Waals surface area contributed by atoms with E-state index in [9.17, 15) is 0 Å². The maximum atomic E-state index is 8.09. The molecule has 2 heteroatoms. The highest BCUT2D eigenvalue weighted by Crippen LogP contribution is 2.16. The second kappa shape index (κ2) is 3.97. The molecule has 1 heterocycles. The van der Waals surface area contributed by atoms with Gasteiger partial charge in [-0.1, -0.05) is 0 Å². The van der Waals surface area contributed by atoms with Gasteiger partial charge in [-0.15, -0.1) is 0 Å². The molecule has 0 bridgehead atoms. The molecule has 78 valence electrons. The van der Waals surface area contributed by atoms with Crippen LogP contribution in [0.25, 0.3) is 0 Å². The minimum Gasteiger partial charge on any atom is -0.298 e. The summed E-state index contributed by atoms with van der Waals surface area (Å²) >= 11 is 0. The van der Waals surface area contributed by atoms with Crippen molar-refractivity contribution in [1.29, 1.82) is 0 Å². The molecule has 1 aliphatic rings. The molecule has 1 unspecified atom stereocenters. The lowest BCUT2D eigenvalue weighted by Crippen LogP contribution is -2.54. The first-order chi connectivity index (χ1) is 6.32. The van der Waals surface area contributed by atoms with E-state index in [1.54, 1.807) is 0 Å². The summed E-state index contributed by atoms with van der Waals surface area (Å²) in [6, 6.07) is 0.574. The fourth-order valence-corrected chi connectivity index (χ4v) is 1.70. The number of piperazine rings is 1. The summed E-state index contributed by atoms with van der Waals surface area (Å²) in [6.45, 7) is 13.9. The Morgan fingerprint density at radius 3 is 2.15 bits per heavy atom. The van der Waals surface area contributed by atoms with E-state index >= 15 is 0 Å². The van der Waals surface area contributed by atoms with Gasteiger partial charge in [0.15, 0.2) is 0 Å². The van der Waals surface area contributed by atoms with Crippen LogP contribution >= 0.6 is 0 Å². The molecule has 2 nitrogen and oxygen atoms in total. The predicted octanol–water partition coefficient (Wildman–Crippen LogP) is 1.81. The Labute approximate surface area is 84.3 Å². The molecule has 0 amide bonds. The molecule has 0 N–H and O–H groups in total. The van der Waals surface area contributed by atoms with E-state index in [-0.39, 0.29) is 12.1 Å². The van der Waals surface area contributed by atoms with Crippen molar-refractivity contribution < 1.29 is 1.37 Å². The Morgan fingerprint density at radius 1 is 1.15 bits per heavy atom. The van der Waals surface area contributed by atoms with Gasteiger partial charge in [-0.3, -0.25) is 9.80 Å². The average molecular weight is 185 g/mol. The molecule has 13 heavy (non-hydrogen) atoms. The molecule has 1 atom stereocenters. The zero-order chi connectivity index (χ0) is 10.9. The summed E-state index contributed by atoms with van der Waals surface area (Å²) in [5.74, 6) is 0. The largest absolute Gasteiger partial charge is 0.298 e. The SMILES string of the molecule is [2H]C1CN(C(C)C)CCN1C(C)(C)C. The second-order valence-electron chi connectivity index (χ2n) is 5.14. The highest BCUT2D eigenvalue weighted by Gasteiger charge is 2.26. The fourth-order valence-electron chi connectivity index (χ4n) is 1.70. The van der Waals surface area contributed by atoms with Gasteiger partial charge in [-0.25, -0.2) is 0 Å². The van der Waals surface area contributed by atoms with Gasteiger partial charge < -0.3 is 0 Å². The smallest absolute Gasteiger partial charge is 0.0444 e. The highest BCUT2D eigenvalue weighted by atomic mass is 15.3. The van der Waals surface area contributed by atoms with Crippen LogP contribution in [0.1, 0.15) is 36.0 Å². The van der Waals surface area contributed by atoms with E-state index in [0.29, 0.717) is 6.04 Å². The van der Waals surface area contributed by atoms with Gasteiger partial charge >= 0.3 is 0 Å². The van der Waals surface area contributed by atoms with Crippen molar-refractivity contribution in [2.45, 2.75) is 46.2 Å². The summed E-state index contributed by atoms with van der Waals surface area (Å²) < 4.78 is 8.09. The van der Waals surface area contributed by atoms with Gasteiger partial charge in [-0.05, 0) is 34.6 Å². The normalized spacial score (nSPS) is 29.4. The summed E-state index contributed by atoms with van der Waals surface area (Å²) in [7, 11) is 0. The van der Waals surface area contributed by atoms with E-state index < -0.39 is 0 Å². The molecule has 1 rings (SSSR count). The first-order valence-electron chi connectivity index (χ1n) is 5.83. The molecule has 0 aromatic carbocycles. The molecule has 0 saturated carbocycles. The quantitative estimate of drug-likeness (QED) is 0.615. The second-order valence-corrected chi connectivity index (χ2v) is 5.14. The summed E-state index contributed by atoms with van der Waals surface area (Å²) in [5.41, 5.74) is 0.134. The third-order valence-electron chi connectivity index (χ3n) is 2.76. The van der Waals surface area contributed by atoms with Gasteiger partial charge in [0.1, 0.15) is 0 Å². The maximum absolute atomic E-state index is 8.09. The van der Waals surface area contributed by atoms with Crippen LogP contribution in [0, 0.1) is 0 Å². The van der Waals surface area contributed by atoms with E-state index in [1.807, 2.05) is 0 Å². The van der Waals surface area contributed by atoms with Crippen molar-refractivity contribution in [3.05, 3.63) is 0 Å². The average Bonchev–Trinajstić information content (AvgIpc) is 2.01. The summed E-state index contributed by atoms with van der Waals surface area (Å²) in [6.07, 6.45) is 0. The van der Waals surface area contributed by atoms with Gasteiger partial charge in [0, 0.05) is 39.1 Å². The van der Waals surface area contributed by atoms with Gasteiger partial charge in [-0.2, -0.15) is 0 Å². The molecule has 1 saturated heterocycles. The lowest BCUT2D eigenvalue weighted by Gasteiger charge is -2.43. The van der Waals surface area contributed by atoms with Crippen LogP contribution in [0.4, 0.5) is 0 Å². The Bertz CT molecular complexity index is 186. The van der Waals surface area contributed by atoms with Crippen molar-refractivity contribution in [2.75, 3.05) is 26.2 Å². The van der Waals surface area contributed by atoms with Crippen LogP contribution in [0.5, 0.6) is 0 Å². The van der Waals surface area contributed by atoms with Gasteiger partial charge in [0.05, 0.1) is 0 Å². The Balaban J connectivity index is 2.56. The summed E-state index contributed by atoms with van der Waals surface area (Å²) in [4.78, 5) is 4.67. The van der Waals surface area contributed by atoms with Crippen LogP contribution in [0.3, 0.4) is 0 Å². The molecular formula is C11H24N2. The Kier molecular flexibility index (Phi) is 2.89. The molecule has 1 fully saturated rings. The Hall–Kier alpha value is -0.0800. The third-order valence-corrected chi connectivity index (χ3v) is 2.76. The van der Waals surface area contributed by atoms with Crippen LogP contribution in [0.2, 0.25) is 0 Å². The van der Waals surface area contributed by atoms with E-state index in [1.165, 1.54) is 0 Å². The predicted molar refractivity (Wildman–Crippen MR) is 58.0 cm³/mol. The summed E-state index contributed by atoms with van der Waals surface area (Å²) in [5, 5.41) is 0. The molecule has 0 aromatic rings. The molecular weight excluding hydrogens is 160 g/mol. The number of hydrogen-bond donors (Lipinski definition) is 0. The van der Waals surface area contributed by atoms with Gasteiger partial charge in [0.25, 0.3) is 0 Å². The lowest BCUT2D eigenvalue weighted by atomic mass is 10.0. The van der Waals surface area contributed by atoms with E-state index in [0.717, 1.165) is 19.6 Å². The topological polar surface area (TPSA) is 6.48 Å². The van der Waals surface area contributed by atoms with Crippen LogP contribution in [-0.4, -0.2) is 47.5 Å². The van der Waals surface area contributed by atoms with Crippen LogP contribution in [-0.2, 0) is 0 Å². The lowest BCUT2D eigenvalue weighted by molar-refractivity contribution is 0.0491. The van der Waals surface area contributed by atoms with Crippen molar-refractivity contribution in [1.82, 2.24) is 9.80 Å². The van der Waals surface area contributed by atoms with Crippen LogP contribution < -0.4 is 0 Å². The fraction of sp³-hybridized carbons (Fsp3) is 1.00. The zero-order valence-corrected chi connectivity index (χ0v) is 9.67. The third kappa shape index (κ3) is 2.96. The first kappa shape index (κ1) is 9.47. The molecule has 1 aliphatic heterocycles. The molecule has 0 radical (unpaired) electrons. The molecule has 0 spiro atoms. The monoisotopic (exact) mass is 185 g/mol. The molecule has 0 aromatic heterocycles. The van der Waals surface area contributed by atoms with Crippen molar-refractivity contribution >= 4 is 0 Å². The molecule has 0 aliphatic carbocycles. The highest BCUT2D eigenvalue weighted by molar-refractivity contribution is 4.82. The van der Waals surface area contributed by atoms with Crippen molar-refractivity contribution in [2.24, 2.45) is 0 Å².